The van der Waals surface area contributed by atoms with Crippen molar-refractivity contribution in [3.63, 3.8) is 0 Å². The van der Waals surface area contributed by atoms with Crippen molar-refractivity contribution in [2.75, 3.05) is 30.4 Å². The van der Waals surface area contributed by atoms with Gasteiger partial charge in [-0.05, 0) is 76.4 Å². The minimum atomic E-state index is -0.0576. The molecule has 3 amide bonds. The van der Waals surface area contributed by atoms with E-state index in [4.69, 9.17) is 5.11 Å². The molecular weight excluding hydrogens is 498 g/mol. The number of hydrogen-bond donors (Lipinski definition) is 3. The lowest BCUT2D eigenvalue weighted by Crippen LogP contribution is -2.45. The molecule has 0 saturated heterocycles. The number of nitrogens with zero attached hydrogens (tertiary/aromatic N) is 3. The van der Waals surface area contributed by atoms with Crippen LogP contribution in [0.5, 0.6) is 0 Å². The average Bonchev–Trinajstić information content (AvgIpc) is 3.49. The third kappa shape index (κ3) is 7.02. The van der Waals surface area contributed by atoms with Crippen molar-refractivity contribution in [3.05, 3.63) is 47.0 Å². The van der Waals surface area contributed by atoms with Crippen molar-refractivity contribution in [2.45, 2.75) is 73.4 Å². The summed E-state index contributed by atoms with van der Waals surface area (Å²) in [5.74, 6) is 0.0598. The summed E-state index contributed by atoms with van der Waals surface area (Å²) < 4.78 is 0.963. The molecule has 4 rings (SSSR count). The number of aliphatic hydroxyl groups excluding tert-OH is 1. The Bertz CT molecular complexity index is 1210. The number of aromatic nitrogens is 1. The highest BCUT2D eigenvalue weighted by Gasteiger charge is 2.31. The molecule has 8 nitrogen and oxygen atoms in total. The summed E-state index contributed by atoms with van der Waals surface area (Å²) in [5, 5.41) is 13.5. The van der Waals surface area contributed by atoms with Crippen molar-refractivity contribution < 1.29 is 14.7 Å². The molecule has 0 radical (unpaired) electrons. The van der Waals surface area contributed by atoms with E-state index < -0.39 is 0 Å². The first-order valence-corrected chi connectivity index (χ1v) is 14.3. The van der Waals surface area contributed by atoms with Gasteiger partial charge in [0, 0.05) is 49.9 Å². The quantitative estimate of drug-likeness (QED) is 0.321. The Balaban J connectivity index is 0.00000121. The van der Waals surface area contributed by atoms with Gasteiger partial charge >= 0.3 is 6.03 Å². The van der Waals surface area contributed by atoms with Gasteiger partial charge in [-0.3, -0.25) is 14.7 Å². The zero-order valence-electron chi connectivity index (χ0n) is 24.0. The Morgan fingerprint density at radius 1 is 1.18 bits per heavy atom. The molecule has 0 aliphatic carbocycles. The van der Waals surface area contributed by atoms with Gasteiger partial charge in [0.2, 0.25) is 0 Å². The Morgan fingerprint density at radius 2 is 1.89 bits per heavy atom. The van der Waals surface area contributed by atoms with Crippen LogP contribution in [0.4, 0.5) is 21.9 Å². The molecule has 1 aliphatic rings. The maximum absolute atomic E-state index is 13.0. The topological polar surface area (TPSA) is 97.8 Å². The van der Waals surface area contributed by atoms with Gasteiger partial charge in [-0.2, -0.15) is 0 Å². The van der Waals surface area contributed by atoms with Crippen LogP contribution in [0.25, 0.3) is 10.2 Å². The molecule has 3 heterocycles. The number of carbonyl (C=O) groups excluding carboxylic acids is 2. The first-order valence-electron chi connectivity index (χ1n) is 13.4. The second-order valence-electron chi connectivity index (χ2n) is 9.06. The molecular formula is C29H43N5O3S. The van der Waals surface area contributed by atoms with Gasteiger partial charge in [-0.25, -0.2) is 4.79 Å². The number of rotatable bonds is 7. The van der Waals surface area contributed by atoms with Crippen LogP contribution in [-0.4, -0.2) is 59.2 Å². The summed E-state index contributed by atoms with van der Waals surface area (Å²) in [6.45, 7) is 15.5. The average molecular weight is 542 g/mol. The molecule has 0 bridgehead atoms. The van der Waals surface area contributed by atoms with E-state index in [1.54, 1.807) is 6.20 Å². The molecule has 0 fully saturated rings. The van der Waals surface area contributed by atoms with E-state index >= 15 is 0 Å². The normalized spacial score (nSPS) is 13.7. The largest absolute Gasteiger partial charge is 0.400 e. The zero-order chi connectivity index (χ0) is 28.4. The zero-order valence-corrected chi connectivity index (χ0v) is 24.8. The summed E-state index contributed by atoms with van der Waals surface area (Å²) in [6, 6.07) is 10.1. The summed E-state index contributed by atoms with van der Waals surface area (Å²) in [4.78, 5) is 34.6. The number of carbonyl (C=O) groups is 2. The molecule has 1 aliphatic heterocycles. The first-order chi connectivity index (χ1) is 18.3. The predicted molar refractivity (Wildman–Crippen MR) is 160 cm³/mol. The lowest BCUT2D eigenvalue weighted by atomic mass is 10.1. The summed E-state index contributed by atoms with van der Waals surface area (Å²) in [6.07, 6.45) is 3.51. The van der Waals surface area contributed by atoms with Gasteiger partial charge in [0.1, 0.15) is 0 Å². The smallest absolute Gasteiger partial charge is 0.322 e. The molecule has 2 aromatic heterocycles. The van der Waals surface area contributed by atoms with Crippen LogP contribution in [0.15, 0.2) is 36.5 Å². The SMILES string of the molecule is CC.CCCN(CC)C(=O)c1cc2nccc(Nc3ccc4c(c3)CC(C)N4C(=O)NC(C)C)c2s1.CO. The van der Waals surface area contributed by atoms with Gasteiger partial charge in [0.15, 0.2) is 0 Å². The van der Waals surface area contributed by atoms with E-state index in [0.29, 0.717) is 11.4 Å². The van der Waals surface area contributed by atoms with E-state index in [9.17, 15) is 9.59 Å². The van der Waals surface area contributed by atoms with Crippen LogP contribution in [0.1, 0.15) is 70.1 Å². The Labute approximate surface area is 231 Å². The van der Waals surface area contributed by atoms with Crippen LogP contribution in [0.2, 0.25) is 0 Å². The number of amides is 3. The number of nitrogens with one attached hydrogen (secondary N) is 2. The Kier molecular flexibility index (Phi) is 12.0. The molecule has 1 atom stereocenters. The predicted octanol–water partition coefficient (Wildman–Crippen LogP) is 6.42. The lowest BCUT2D eigenvalue weighted by Gasteiger charge is -2.24. The van der Waals surface area contributed by atoms with E-state index in [0.717, 1.165) is 59.3 Å². The number of thiophene rings is 1. The second kappa shape index (κ2) is 14.7. The minimum Gasteiger partial charge on any atom is -0.400 e. The van der Waals surface area contributed by atoms with Gasteiger partial charge in [0.25, 0.3) is 5.91 Å². The molecule has 9 heteroatoms. The Morgan fingerprint density at radius 3 is 2.53 bits per heavy atom. The van der Waals surface area contributed by atoms with Crippen LogP contribution in [0.3, 0.4) is 0 Å². The molecule has 3 aromatic rings. The number of aliphatic hydroxyl groups is 1. The van der Waals surface area contributed by atoms with Gasteiger partial charge in [-0.15, -0.1) is 11.3 Å². The second-order valence-corrected chi connectivity index (χ2v) is 10.1. The van der Waals surface area contributed by atoms with Crippen molar-refractivity contribution in [3.8, 4) is 0 Å². The first kappa shape index (κ1) is 31.1. The van der Waals surface area contributed by atoms with Gasteiger partial charge in [0.05, 0.1) is 20.8 Å². The third-order valence-electron chi connectivity index (χ3n) is 5.99. The summed E-state index contributed by atoms with van der Waals surface area (Å²) >= 11 is 1.48. The van der Waals surface area contributed by atoms with Gasteiger partial charge < -0.3 is 20.6 Å². The molecule has 0 saturated carbocycles. The van der Waals surface area contributed by atoms with E-state index in [-0.39, 0.29) is 24.0 Å². The van der Waals surface area contributed by atoms with Crippen molar-refractivity contribution in [2.24, 2.45) is 0 Å². The molecule has 1 aromatic carbocycles. The third-order valence-corrected chi connectivity index (χ3v) is 7.14. The molecule has 0 spiro atoms. The monoisotopic (exact) mass is 541 g/mol. The summed E-state index contributed by atoms with van der Waals surface area (Å²) in [7, 11) is 1.00. The molecule has 3 N–H and O–H groups in total. The number of urea groups is 1. The molecule has 1 unspecified atom stereocenters. The minimum absolute atomic E-state index is 0.0576. The fraction of sp³-hybridized carbons (Fsp3) is 0.483. The van der Waals surface area contributed by atoms with Crippen LogP contribution in [0, 0.1) is 0 Å². The Hall–Kier alpha value is -3.17. The van der Waals surface area contributed by atoms with Crippen molar-refractivity contribution in [1.29, 1.82) is 0 Å². The maximum Gasteiger partial charge on any atom is 0.322 e. The highest BCUT2D eigenvalue weighted by atomic mass is 32.1. The number of benzene rings is 1. The number of fused-ring (bicyclic) bond motifs is 2. The van der Waals surface area contributed by atoms with Crippen molar-refractivity contribution in [1.82, 2.24) is 15.2 Å². The highest BCUT2D eigenvalue weighted by molar-refractivity contribution is 7.21. The van der Waals surface area contributed by atoms with Crippen molar-refractivity contribution >= 4 is 50.6 Å². The molecule has 208 valence electrons. The summed E-state index contributed by atoms with van der Waals surface area (Å²) in [5.41, 5.74) is 4.79. The standard InChI is InChI=1S/C26H33N5O2S.C2H6.CH4O/c1-6-12-30(7-2)25(32)23-15-21-24(34-23)20(10-11-27-21)29-19-8-9-22-18(14-19)13-17(5)31(22)26(33)28-16(3)4;2*1-2/h8-11,14-17H,6-7,12-13H2,1-5H3,(H,27,29)(H,28,33);1-2H3;2H,1H3. The fourth-order valence-electron chi connectivity index (χ4n) is 4.46. The van der Waals surface area contributed by atoms with E-state index in [1.807, 2.05) is 68.7 Å². The van der Waals surface area contributed by atoms with Gasteiger partial charge in [-0.1, -0.05) is 20.8 Å². The van der Waals surface area contributed by atoms with Crippen LogP contribution < -0.4 is 15.5 Å². The van der Waals surface area contributed by atoms with Crippen LogP contribution in [-0.2, 0) is 6.42 Å². The number of anilines is 3. The fourth-order valence-corrected chi connectivity index (χ4v) is 5.51. The van der Waals surface area contributed by atoms with E-state index in [1.165, 1.54) is 11.3 Å². The lowest BCUT2D eigenvalue weighted by molar-refractivity contribution is 0.0769. The number of pyridine rings is 1. The van der Waals surface area contributed by atoms with E-state index in [2.05, 4.69) is 35.5 Å². The highest BCUT2D eigenvalue weighted by Crippen LogP contribution is 2.37. The maximum atomic E-state index is 13.0. The number of hydrogen-bond acceptors (Lipinski definition) is 6. The molecule has 38 heavy (non-hydrogen) atoms. The van der Waals surface area contributed by atoms with Crippen LogP contribution >= 0.6 is 11.3 Å².